The molecule has 3 fully saturated rings. The van der Waals surface area contributed by atoms with Gasteiger partial charge in [0.15, 0.2) is 0 Å². The van der Waals surface area contributed by atoms with Gasteiger partial charge < -0.3 is 20.3 Å². The van der Waals surface area contributed by atoms with Gasteiger partial charge in [0.05, 0.1) is 11.5 Å². The van der Waals surface area contributed by atoms with Crippen LogP contribution in [0.3, 0.4) is 0 Å². The van der Waals surface area contributed by atoms with Gasteiger partial charge in [0.1, 0.15) is 17.8 Å². The lowest BCUT2D eigenvalue weighted by molar-refractivity contribution is -0.128. The second kappa shape index (κ2) is 7.59. The third-order valence-corrected chi connectivity index (χ3v) is 7.45. The molecule has 1 saturated heterocycles. The first-order chi connectivity index (χ1) is 14.2. The topological polar surface area (TPSA) is 94.1 Å². The largest absolute Gasteiger partial charge is 0.391 e. The number of H-pyrrole nitrogens is 1. The fourth-order valence-corrected chi connectivity index (χ4v) is 5.54. The zero-order chi connectivity index (χ0) is 19.8. The second-order valence-electron chi connectivity index (χ2n) is 9.27. The van der Waals surface area contributed by atoms with Gasteiger partial charge in [-0.15, -0.1) is 0 Å². The Bertz CT molecular complexity index is 871. The number of nitrogens with one attached hydrogen (secondary N) is 2. The Morgan fingerprint density at radius 1 is 1.28 bits per heavy atom. The van der Waals surface area contributed by atoms with Crippen LogP contribution in [0.15, 0.2) is 18.6 Å². The highest BCUT2D eigenvalue weighted by molar-refractivity contribution is 5.87. The van der Waals surface area contributed by atoms with Gasteiger partial charge in [-0.25, -0.2) is 9.97 Å². The van der Waals surface area contributed by atoms with E-state index in [9.17, 15) is 9.90 Å². The summed E-state index contributed by atoms with van der Waals surface area (Å²) < 4.78 is 0. The number of fused-ring (bicyclic) bond motifs is 1. The molecule has 7 nitrogen and oxygen atoms in total. The maximum absolute atomic E-state index is 13.0. The number of anilines is 1. The minimum atomic E-state index is -0.405. The van der Waals surface area contributed by atoms with Crippen molar-refractivity contribution in [2.75, 3.05) is 24.5 Å². The number of aliphatic hydroxyl groups is 1. The number of rotatable bonds is 5. The third kappa shape index (κ3) is 3.61. The predicted octanol–water partition coefficient (Wildman–Crippen LogP) is 2.62. The highest BCUT2D eigenvalue weighted by atomic mass is 16.3. The lowest BCUT2D eigenvalue weighted by Gasteiger charge is -2.39. The smallest absolute Gasteiger partial charge is 0.223 e. The van der Waals surface area contributed by atoms with E-state index < -0.39 is 6.10 Å². The van der Waals surface area contributed by atoms with Crippen molar-refractivity contribution in [3.8, 4) is 0 Å². The predicted molar refractivity (Wildman–Crippen MR) is 111 cm³/mol. The van der Waals surface area contributed by atoms with E-state index in [0.29, 0.717) is 12.5 Å². The van der Waals surface area contributed by atoms with E-state index in [1.165, 1.54) is 19.3 Å². The standard InChI is InChI=1S/C22H31N5O2/c28-18(15-4-2-1-3-5-15)12-24-21(29)17-7-11-27(13-22(17)8-9-22)20-16-6-10-23-19(16)25-14-26-20/h6,10,14-15,17-18,28H,1-5,7-9,11-13H2,(H,24,29)(H,23,25,26)/t17-,18?/m1/s1. The molecule has 2 saturated carbocycles. The monoisotopic (exact) mass is 397 g/mol. The van der Waals surface area contributed by atoms with E-state index in [1.54, 1.807) is 6.33 Å². The summed E-state index contributed by atoms with van der Waals surface area (Å²) in [5, 5.41) is 14.6. The van der Waals surface area contributed by atoms with Gasteiger partial charge in [0.2, 0.25) is 5.91 Å². The lowest BCUT2D eigenvalue weighted by atomic mass is 9.81. The first-order valence-electron chi connectivity index (χ1n) is 11.2. The van der Waals surface area contributed by atoms with Crippen LogP contribution in [0.25, 0.3) is 11.0 Å². The van der Waals surface area contributed by atoms with Crippen LogP contribution in [-0.4, -0.2) is 51.7 Å². The van der Waals surface area contributed by atoms with E-state index in [4.69, 9.17) is 0 Å². The lowest BCUT2D eigenvalue weighted by Crippen LogP contribution is -2.49. The molecule has 3 N–H and O–H groups in total. The second-order valence-corrected chi connectivity index (χ2v) is 9.27. The van der Waals surface area contributed by atoms with E-state index in [2.05, 4.69) is 25.2 Å². The summed E-state index contributed by atoms with van der Waals surface area (Å²) in [5.41, 5.74) is 0.919. The van der Waals surface area contributed by atoms with Crippen molar-refractivity contribution in [2.45, 2.75) is 57.5 Å². The summed E-state index contributed by atoms with van der Waals surface area (Å²) in [5.74, 6) is 1.49. The van der Waals surface area contributed by atoms with Gasteiger partial charge in [0, 0.05) is 31.7 Å². The van der Waals surface area contributed by atoms with Gasteiger partial charge in [0.25, 0.3) is 0 Å². The summed E-state index contributed by atoms with van der Waals surface area (Å²) in [6, 6.07) is 2.02. The Labute approximate surface area is 171 Å². The van der Waals surface area contributed by atoms with Gasteiger partial charge in [-0.1, -0.05) is 19.3 Å². The fraction of sp³-hybridized carbons (Fsp3) is 0.682. The van der Waals surface area contributed by atoms with Crippen molar-refractivity contribution in [1.29, 1.82) is 0 Å². The number of carbonyl (C=O) groups is 1. The maximum atomic E-state index is 13.0. The number of piperidine rings is 1. The van der Waals surface area contributed by atoms with Crippen LogP contribution in [0.1, 0.15) is 51.4 Å². The Hall–Kier alpha value is -2.15. The van der Waals surface area contributed by atoms with Crippen LogP contribution in [-0.2, 0) is 4.79 Å². The van der Waals surface area contributed by atoms with Crippen molar-refractivity contribution in [3.63, 3.8) is 0 Å². The molecule has 7 heteroatoms. The van der Waals surface area contributed by atoms with Gasteiger partial charge in [-0.05, 0) is 49.5 Å². The first-order valence-corrected chi connectivity index (χ1v) is 11.2. The molecule has 3 heterocycles. The summed E-state index contributed by atoms with van der Waals surface area (Å²) in [6.45, 7) is 2.09. The number of aromatic amines is 1. The number of hydrogen-bond acceptors (Lipinski definition) is 5. The third-order valence-electron chi connectivity index (χ3n) is 7.45. The Kier molecular flexibility index (Phi) is 4.94. The molecule has 2 aromatic heterocycles. The number of aromatic nitrogens is 3. The van der Waals surface area contributed by atoms with Crippen LogP contribution < -0.4 is 10.2 Å². The van der Waals surface area contributed by atoms with E-state index in [0.717, 1.165) is 62.0 Å². The summed E-state index contributed by atoms with van der Waals surface area (Å²) in [4.78, 5) is 27.3. The van der Waals surface area contributed by atoms with E-state index in [-0.39, 0.29) is 17.2 Å². The molecular formula is C22H31N5O2. The number of nitrogens with zero attached hydrogens (tertiary/aromatic N) is 3. The molecule has 0 bridgehead atoms. The number of hydrogen-bond donors (Lipinski definition) is 3. The number of amides is 1. The minimum absolute atomic E-state index is 0.0425. The maximum Gasteiger partial charge on any atom is 0.223 e. The van der Waals surface area contributed by atoms with Crippen molar-refractivity contribution >= 4 is 22.8 Å². The average Bonchev–Trinajstić information content (AvgIpc) is 3.34. The molecule has 156 valence electrons. The van der Waals surface area contributed by atoms with Crippen LogP contribution in [0.5, 0.6) is 0 Å². The SMILES string of the molecule is O=C(NCC(O)C1CCCCC1)[C@H]1CCN(c2ncnc3[nH]ccc23)CC12CC2. The minimum Gasteiger partial charge on any atom is -0.391 e. The number of carbonyl (C=O) groups excluding carboxylic acids is 1. The average molecular weight is 398 g/mol. The van der Waals surface area contributed by atoms with Crippen LogP contribution in [0, 0.1) is 17.3 Å². The summed E-state index contributed by atoms with van der Waals surface area (Å²) in [7, 11) is 0. The fourth-order valence-electron chi connectivity index (χ4n) is 5.54. The van der Waals surface area contributed by atoms with Crippen molar-refractivity contribution in [1.82, 2.24) is 20.3 Å². The van der Waals surface area contributed by atoms with Gasteiger partial charge in [-0.3, -0.25) is 4.79 Å². The molecule has 0 aromatic carbocycles. The Morgan fingerprint density at radius 2 is 2.10 bits per heavy atom. The summed E-state index contributed by atoms with van der Waals surface area (Å²) in [6.07, 6.45) is 12.0. The molecule has 2 atom stereocenters. The highest BCUT2D eigenvalue weighted by Gasteiger charge is 2.55. The number of aliphatic hydroxyl groups excluding tert-OH is 1. The van der Waals surface area contributed by atoms with Crippen molar-refractivity contribution < 1.29 is 9.90 Å². The van der Waals surface area contributed by atoms with Gasteiger partial charge >= 0.3 is 0 Å². The Balaban J connectivity index is 1.22. The van der Waals surface area contributed by atoms with Gasteiger partial charge in [-0.2, -0.15) is 0 Å². The van der Waals surface area contributed by atoms with Crippen LogP contribution >= 0.6 is 0 Å². The highest BCUT2D eigenvalue weighted by Crippen LogP contribution is 2.56. The van der Waals surface area contributed by atoms with Crippen LogP contribution in [0.4, 0.5) is 5.82 Å². The molecule has 1 amide bonds. The molecule has 1 aliphatic heterocycles. The molecule has 29 heavy (non-hydrogen) atoms. The first kappa shape index (κ1) is 18.9. The van der Waals surface area contributed by atoms with Crippen LogP contribution in [0.2, 0.25) is 0 Å². The quantitative estimate of drug-likeness (QED) is 0.721. The molecule has 3 aliphatic rings. The molecule has 1 spiro atoms. The molecule has 1 unspecified atom stereocenters. The van der Waals surface area contributed by atoms with E-state index in [1.807, 2.05) is 12.3 Å². The molecule has 5 rings (SSSR count). The van der Waals surface area contributed by atoms with Crippen molar-refractivity contribution in [2.24, 2.45) is 17.3 Å². The Morgan fingerprint density at radius 3 is 2.90 bits per heavy atom. The van der Waals surface area contributed by atoms with E-state index >= 15 is 0 Å². The molecule has 2 aromatic rings. The molecule has 0 radical (unpaired) electrons. The van der Waals surface area contributed by atoms with Crippen molar-refractivity contribution in [3.05, 3.63) is 18.6 Å². The molecular weight excluding hydrogens is 366 g/mol. The summed E-state index contributed by atoms with van der Waals surface area (Å²) >= 11 is 0. The zero-order valence-electron chi connectivity index (χ0n) is 16.9. The zero-order valence-corrected chi connectivity index (χ0v) is 16.9. The molecule has 2 aliphatic carbocycles. The normalized spacial score (nSPS) is 25.3.